The van der Waals surface area contributed by atoms with Crippen LogP contribution in [0, 0.1) is 6.92 Å². The van der Waals surface area contributed by atoms with Gasteiger partial charge in [-0.3, -0.25) is 0 Å². The van der Waals surface area contributed by atoms with Crippen LogP contribution >= 0.6 is 0 Å². The third kappa shape index (κ3) is 3.01. The topological polar surface area (TPSA) is 99.1 Å². The number of primary sulfonamides is 1. The van der Waals surface area contributed by atoms with E-state index in [0.29, 0.717) is 12.0 Å². The summed E-state index contributed by atoms with van der Waals surface area (Å²) in [6.45, 7) is 3.82. The third-order valence-electron chi connectivity index (χ3n) is 2.28. The van der Waals surface area contributed by atoms with Crippen LogP contribution in [0.5, 0.6) is 0 Å². The Kier molecular flexibility index (Phi) is 4.01. The standard InChI is InChI=1S/C10H17N3O2S/c1-3-4-9(11)8-5-7(2)6-13-10(8)16(12,14)15/h5-6,9H,3-4,11H2,1-2H3,(H2,12,14,15). The van der Waals surface area contributed by atoms with Gasteiger partial charge in [-0.15, -0.1) is 0 Å². The van der Waals surface area contributed by atoms with Gasteiger partial charge in [0.15, 0.2) is 5.03 Å². The maximum Gasteiger partial charge on any atom is 0.255 e. The largest absolute Gasteiger partial charge is 0.324 e. The molecule has 0 fully saturated rings. The summed E-state index contributed by atoms with van der Waals surface area (Å²) in [6.07, 6.45) is 3.05. The average molecular weight is 243 g/mol. The SMILES string of the molecule is CCCC(N)c1cc(C)cnc1S(N)(=O)=O. The van der Waals surface area contributed by atoms with Crippen LogP contribution in [-0.2, 0) is 10.0 Å². The lowest BCUT2D eigenvalue weighted by atomic mass is 10.0. The molecule has 1 aromatic heterocycles. The molecule has 0 radical (unpaired) electrons. The molecule has 4 N–H and O–H groups in total. The summed E-state index contributed by atoms with van der Waals surface area (Å²) in [6, 6.07) is 1.39. The van der Waals surface area contributed by atoms with Crippen LogP contribution in [0.3, 0.4) is 0 Å². The highest BCUT2D eigenvalue weighted by Crippen LogP contribution is 2.22. The highest BCUT2D eigenvalue weighted by molar-refractivity contribution is 7.89. The van der Waals surface area contributed by atoms with Gasteiger partial charge >= 0.3 is 0 Å². The number of hydrogen-bond acceptors (Lipinski definition) is 4. The van der Waals surface area contributed by atoms with Crippen molar-refractivity contribution in [1.82, 2.24) is 4.98 Å². The van der Waals surface area contributed by atoms with Crippen LogP contribution in [0.15, 0.2) is 17.3 Å². The third-order valence-corrected chi connectivity index (χ3v) is 3.16. The molecule has 0 aliphatic heterocycles. The number of pyridine rings is 1. The lowest BCUT2D eigenvalue weighted by Crippen LogP contribution is -2.21. The molecule has 0 bridgehead atoms. The van der Waals surface area contributed by atoms with Crippen LogP contribution in [0.2, 0.25) is 0 Å². The fourth-order valence-corrected chi connectivity index (χ4v) is 2.29. The molecule has 1 aromatic rings. The van der Waals surface area contributed by atoms with Gasteiger partial charge in [-0.2, -0.15) is 0 Å². The first kappa shape index (κ1) is 13.1. The normalized spacial score (nSPS) is 13.8. The van der Waals surface area contributed by atoms with E-state index in [1.165, 1.54) is 6.20 Å². The van der Waals surface area contributed by atoms with Crippen molar-refractivity contribution < 1.29 is 8.42 Å². The van der Waals surface area contributed by atoms with Crippen LogP contribution in [0.25, 0.3) is 0 Å². The molecule has 0 aliphatic carbocycles. The van der Waals surface area contributed by atoms with Crippen molar-refractivity contribution in [2.75, 3.05) is 0 Å². The highest BCUT2D eigenvalue weighted by Gasteiger charge is 2.19. The lowest BCUT2D eigenvalue weighted by Gasteiger charge is -2.14. The second kappa shape index (κ2) is 4.90. The Morgan fingerprint density at radius 1 is 1.50 bits per heavy atom. The van der Waals surface area contributed by atoms with E-state index in [4.69, 9.17) is 10.9 Å². The van der Waals surface area contributed by atoms with E-state index in [1.54, 1.807) is 6.07 Å². The molecule has 0 amide bonds. The van der Waals surface area contributed by atoms with E-state index in [1.807, 2.05) is 13.8 Å². The molecule has 1 unspecified atom stereocenters. The Labute approximate surface area is 95.9 Å². The van der Waals surface area contributed by atoms with Gasteiger partial charge in [0, 0.05) is 17.8 Å². The van der Waals surface area contributed by atoms with Gasteiger partial charge < -0.3 is 5.73 Å². The molecule has 0 saturated carbocycles. The van der Waals surface area contributed by atoms with Gasteiger partial charge in [-0.25, -0.2) is 18.5 Å². The smallest absolute Gasteiger partial charge is 0.255 e. The Morgan fingerprint density at radius 3 is 2.62 bits per heavy atom. The summed E-state index contributed by atoms with van der Waals surface area (Å²) in [5, 5.41) is 4.98. The van der Waals surface area contributed by atoms with Gasteiger partial charge in [0.25, 0.3) is 10.0 Å². The lowest BCUT2D eigenvalue weighted by molar-refractivity contribution is 0.580. The van der Waals surface area contributed by atoms with Gasteiger partial charge in [-0.05, 0) is 18.9 Å². The fourth-order valence-electron chi connectivity index (χ4n) is 1.55. The number of hydrogen-bond donors (Lipinski definition) is 2. The number of rotatable bonds is 4. The van der Waals surface area contributed by atoms with E-state index in [9.17, 15) is 8.42 Å². The van der Waals surface area contributed by atoms with Crippen LogP contribution in [-0.4, -0.2) is 13.4 Å². The van der Waals surface area contributed by atoms with Crippen LogP contribution < -0.4 is 10.9 Å². The summed E-state index contributed by atoms with van der Waals surface area (Å²) in [5.74, 6) is 0. The monoisotopic (exact) mass is 243 g/mol. The van der Waals surface area contributed by atoms with Gasteiger partial charge in [0.2, 0.25) is 0 Å². The zero-order chi connectivity index (χ0) is 12.3. The minimum atomic E-state index is -3.80. The van der Waals surface area contributed by atoms with Crippen molar-refractivity contribution in [2.24, 2.45) is 10.9 Å². The predicted molar refractivity (Wildman–Crippen MR) is 62.2 cm³/mol. The Balaban J connectivity index is 3.29. The summed E-state index contributed by atoms with van der Waals surface area (Å²) >= 11 is 0. The molecular weight excluding hydrogens is 226 g/mol. The number of aryl methyl sites for hydroxylation is 1. The molecule has 0 spiro atoms. The maximum absolute atomic E-state index is 11.3. The number of aromatic nitrogens is 1. The Bertz CT molecular complexity index is 471. The van der Waals surface area contributed by atoms with Gasteiger partial charge in [0.05, 0.1) is 0 Å². The summed E-state index contributed by atoms with van der Waals surface area (Å²) < 4.78 is 22.7. The molecule has 6 heteroatoms. The predicted octanol–water partition coefficient (Wildman–Crippen LogP) is 0.837. The minimum absolute atomic E-state index is 0.112. The number of nitrogens with zero attached hydrogens (tertiary/aromatic N) is 1. The molecule has 1 atom stereocenters. The molecule has 5 nitrogen and oxygen atoms in total. The molecule has 90 valence electrons. The highest BCUT2D eigenvalue weighted by atomic mass is 32.2. The maximum atomic E-state index is 11.3. The Hall–Kier alpha value is -0.980. The number of nitrogens with two attached hydrogens (primary N) is 2. The van der Waals surface area contributed by atoms with Crippen LogP contribution in [0.1, 0.15) is 36.9 Å². The quantitative estimate of drug-likeness (QED) is 0.818. The van der Waals surface area contributed by atoms with Gasteiger partial charge in [0.1, 0.15) is 0 Å². The van der Waals surface area contributed by atoms with Crippen molar-refractivity contribution in [3.63, 3.8) is 0 Å². The summed E-state index contributed by atoms with van der Waals surface area (Å²) in [7, 11) is -3.80. The van der Waals surface area contributed by atoms with Crippen molar-refractivity contribution in [3.8, 4) is 0 Å². The zero-order valence-corrected chi connectivity index (χ0v) is 10.3. The van der Waals surface area contributed by atoms with Crippen molar-refractivity contribution in [2.45, 2.75) is 37.8 Å². The van der Waals surface area contributed by atoms with Crippen molar-refractivity contribution >= 4 is 10.0 Å². The molecule has 1 heterocycles. The van der Waals surface area contributed by atoms with E-state index in [-0.39, 0.29) is 11.1 Å². The second-order valence-electron chi connectivity index (χ2n) is 3.85. The first-order valence-electron chi connectivity index (χ1n) is 5.11. The zero-order valence-electron chi connectivity index (χ0n) is 9.47. The average Bonchev–Trinajstić information content (AvgIpc) is 2.16. The molecule has 1 rings (SSSR count). The Morgan fingerprint density at radius 2 is 2.12 bits per heavy atom. The van der Waals surface area contributed by atoms with Gasteiger partial charge in [-0.1, -0.05) is 19.4 Å². The summed E-state index contributed by atoms with van der Waals surface area (Å²) in [5.41, 5.74) is 7.29. The fraction of sp³-hybridized carbons (Fsp3) is 0.500. The van der Waals surface area contributed by atoms with E-state index in [2.05, 4.69) is 4.98 Å². The van der Waals surface area contributed by atoms with E-state index < -0.39 is 10.0 Å². The van der Waals surface area contributed by atoms with Crippen LogP contribution in [0.4, 0.5) is 0 Å². The first-order valence-corrected chi connectivity index (χ1v) is 6.65. The van der Waals surface area contributed by atoms with Crippen molar-refractivity contribution in [3.05, 3.63) is 23.4 Å². The first-order chi connectivity index (χ1) is 7.36. The molecule has 0 aliphatic rings. The summed E-state index contributed by atoms with van der Waals surface area (Å²) in [4.78, 5) is 3.86. The molecular formula is C10H17N3O2S. The number of sulfonamides is 1. The van der Waals surface area contributed by atoms with E-state index >= 15 is 0 Å². The molecule has 0 saturated heterocycles. The van der Waals surface area contributed by atoms with E-state index in [0.717, 1.165) is 12.0 Å². The minimum Gasteiger partial charge on any atom is -0.324 e. The molecule has 0 aromatic carbocycles. The second-order valence-corrected chi connectivity index (χ2v) is 5.32. The molecule has 16 heavy (non-hydrogen) atoms. The van der Waals surface area contributed by atoms with Crippen molar-refractivity contribution in [1.29, 1.82) is 0 Å².